The van der Waals surface area contributed by atoms with Crippen LogP contribution in [0.25, 0.3) is 6.08 Å². The minimum atomic E-state index is 0.930. The number of hydrogen-bond donors (Lipinski definition) is 0. The van der Waals surface area contributed by atoms with Crippen LogP contribution < -0.4 is 0 Å². The second-order valence-corrected chi connectivity index (χ2v) is 5.00. The average molecular weight is 272 g/mol. The summed E-state index contributed by atoms with van der Waals surface area (Å²) in [5.74, 6) is 6.42. The predicted molar refractivity (Wildman–Crippen MR) is 90.8 cm³/mol. The molecule has 0 aliphatic rings. The Morgan fingerprint density at radius 2 is 1.62 bits per heavy atom. The number of benzene rings is 2. The van der Waals surface area contributed by atoms with E-state index in [-0.39, 0.29) is 0 Å². The standard InChI is InChI=1S/C21H20/c1-19(17-18-21-15-9-4-10-16-21)11-5-2-6-12-20-13-7-3-8-14-20/h3-4,7-10,13-16,18H,2,5,11H2,1H3. The smallest absolute Gasteiger partial charge is 0.0245 e. The molecule has 0 saturated heterocycles. The van der Waals surface area contributed by atoms with E-state index in [0.717, 1.165) is 24.8 Å². The fourth-order valence-corrected chi connectivity index (χ4v) is 1.96. The maximum atomic E-state index is 3.35. The second-order valence-electron chi connectivity index (χ2n) is 5.00. The third-order valence-electron chi connectivity index (χ3n) is 3.14. The molecule has 0 heterocycles. The summed E-state index contributed by atoms with van der Waals surface area (Å²) in [5.41, 5.74) is 6.92. The summed E-state index contributed by atoms with van der Waals surface area (Å²) in [4.78, 5) is 0. The van der Waals surface area contributed by atoms with Gasteiger partial charge >= 0.3 is 0 Å². The first-order chi connectivity index (χ1) is 10.3. The fourth-order valence-electron chi connectivity index (χ4n) is 1.96. The van der Waals surface area contributed by atoms with Gasteiger partial charge in [-0.2, -0.15) is 0 Å². The van der Waals surface area contributed by atoms with Gasteiger partial charge in [0.2, 0.25) is 0 Å². The van der Waals surface area contributed by atoms with E-state index in [0.29, 0.717) is 0 Å². The van der Waals surface area contributed by atoms with E-state index in [1.165, 1.54) is 11.1 Å². The normalized spacial score (nSPS) is 9.19. The molecular weight excluding hydrogens is 252 g/mol. The van der Waals surface area contributed by atoms with Crippen molar-refractivity contribution in [1.82, 2.24) is 0 Å². The molecule has 0 aliphatic carbocycles. The molecule has 0 heteroatoms. The molecule has 0 aromatic heterocycles. The summed E-state index contributed by atoms with van der Waals surface area (Å²) in [6, 6.07) is 20.4. The summed E-state index contributed by atoms with van der Waals surface area (Å²) < 4.78 is 0. The van der Waals surface area contributed by atoms with Crippen LogP contribution in [0, 0.1) is 11.8 Å². The van der Waals surface area contributed by atoms with Gasteiger partial charge in [0, 0.05) is 12.0 Å². The number of unbranched alkanes of at least 4 members (excludes halogenated alkanes) is 1. The highest BCUT2D eigenvalue weighted by Gasteiger charge is 1.89. The monoisotopic (exact) mass is 272 g/mol. The topological polar surface area (TPSA) is 0 Å². The summed E-state index contributed by atoms with van der Waals surface area (Å²) in [6.45, 7) is 2.13. The summed E-state index contributed by atoms with van der Waals surface area (Å²) >= 11 is 0. The van der Waals surface area contributed by atoms with Crippen molar-refractivity contribution >= 4 is 6.08 Å². The van der Waals surface area contributed by atoms with Crippen molar-refractivity contribution in [2.75, 3.05) is 0 Å². The third-order valence-corrected chi connectivity index (χ3v) is 3.14. The van der Waals surface area contributed by atoms with Crippen LogP contribution in [0.2, 0.25) is 0 Å². The molecule has 0 fully saturated rings. The van der Waals surface area contributed by atoms with Crippen molar-refractivity contribution in [2.24, 2.45) is 0 Å². The molecule has 2 aromatic carbocycles. The van der Waals surface area contributed by atoms with Crippen LogP contribution in [0.3, 0.4) is 0 Å². The minimum Gasteiger partial charge on any atom is -0.121 e. The first kappa shape index (κ1) is 14.9. The van der Waals surface area contributed by atoms with Crippen molar-refractivity contribution in [2.45, 2.75) is 26.2 Å². The molecule has 0 saturated carbocycles. The molecular formula is C21H20. The number of rotatable bonds is 4. The molecule has 0 aliphatic heterocycles. The van der Waals surface area contributed by atoms with Crippen molar-refractivity contribution in [1.29, 1.82) is 0 Å². The molecule has 0 radical (unpaired) electrons. The first-order valence-electron chi connectivity index (χ1n) is 7.36. The highest BCUT2D eigenvalue weighted by molar-refractivity contribution is 5.48. The van der Waals surface area contributed by atoms with E-state index in [1.807, 2.05) is 54.6 Å². The van der Waals surface area contributed by atoms with Crippen LogP contribution >= 0.6 is 0 Å². The van der Waals surface area contributed by atoms with Crippen molar-refractivity contribution in [3.05, 3.63) is 83.1 Å². The number of hydrogen-bond acceptors (Lipinski definition) is 0. The highest BCUT2D eigenvalue weighted by Crippen LogP contribution is 2.07. The molecule has 0 amide bonds. The van der Waals surface area contributed by atoms with Gasteiger partial charge in [-0.1, -0.05) is 60.4 Å². The molecule has 0 unspecified atom stereocenters. The van der Waals surface area contributed by atoms with Gasteiger partial charge in [0.05, 0.1) is 0 Å². The van der Waals surface area contributed by atoms with Crippen LogP contribution in [0.15, 0.2) is 72.0 Å². The summed E-state index contributed by atoms with van der Waals surface area (Å²) in [5, 5.41) is 0. The van der Waals surface area contributed by atoms with Gasteiger partial charge in [0.1, 0.15) is 0 Å². The van der Waals surface area contributed by atoms with Gasteiger partial charge in [-0.05, 0) is 49.1 Å². The maximum absolute atomic E-state index is 3.35. The minimum absolute atomic E-state index is 0.930. The van der Waals surface area contributed by atoms with Gasteiger partial charge < -0.3 is 0 Å². The zero-order valence-electron chi connectivity index (χ0n) is 12.5. The lowest BCUT2D eigenvalue weighted by Crippen LogP contribution is -1.77. The van der Waals surface area contributed by atoms with E-state index in [4.69, 9.17) is 0 Å². The van der Waals surface area contributed by atoms with Gasteiger partial charge in [0.25, 0.3) is 0 Å². The second kappa shape index (κ2) is 8.64. The molecule has 0 nitrogen and oxygen atoms in total. The Hall–Kier alpha value is -2.48. The van der Waals surface area contributed by atoms with Crippen molar-refractivity contribution in [3.8, 4) is 11.8 Å². The van der Waals surface area contributed by atoms with Crippen LogP contribution in [0.1, 0.15) is 37.3 Å². The molecule has 0 atom stereocenters. The van der Waals surface area contributed by atoms with E-state index in [2.05, 4.69) is 36.6 Å². The van der Waals surface area contributed by atoms with Crippen LogP contribution in [0.4, 0.5) is 0 Å². The van der Waals surface area contributed by atoms with Crippen molar-refractivity contribution < 1.29 is 0 Å². The molecule has 0 bridgehead atoms. The molecule has 104 valence electrons. The Kier molecular flexibility index (Phi) is 6.14. The molecule has 2 aromatic rings. The van der Waals surface area contributed by atoms with E-state index < -0.39 is 0 Å². The molecule has 21 heavy (non-hydrogen) atoms. The fraction of sp³-hybridized carbons (Fsp3) is 0.190. The summed E-state index contributed by atoms with van der Waals surface area (Å²) in [7, 11) is 0. The predicted octanol–water partition coefficient (Wildman–Crippen LogP) is 5.47. The Labute approximate surface area is 127 Å². The van der Waals surface area contributed by atoms with E-state index in [9.17, 15) is 0 Å². The largest absolute Gasteiger partial charge is 0.121 e. The van der Waals surface area contributed by atoms with E-state index >= 15 is 0 Å². The van der Waals surface area contributed by atoms with Crippen LogP contribution in [0.5, 0.6) is 0 Å². The van der Waals surface area contributed by atoms with Gasteiger partial charge in [-0.3, -0.25) is 0 Å². The SMILES string of the molecule is CC(=C=Cc1ccccc1)CCCC#Cc1ccccc1. The lowest BCUT2D eigenvalue weighted by Gasteiger charge is -1.94. The Morgan fingerprint density at radius 1 is 0.952 bits per heavy atom. The zero-order valence-corrected chi connectivity index (χ0v) is 12.5. The Balaban J connectivity index is 1.78. The van der Waals surface area contributed by atoms with E-state index in [1.54, 1.807) is 0 Å². The van der Waals surface area contributed by atoms with Crippen LogP contribution in [-0.2, 0) is 0 Å². The van der Waals surface area contributed by atoms with Crippen molar-refractivity contribution in [3.63, 3.8) is 0 Å². The Bertz CT molecular complexity index is 660. The average Bonchev–Trinajstić information content (AvgIpc) is 2.54. The van der Waals surface area contributed by atoms with Gasteiger partial charge in [0.15, 0.2) is 0 Å². The molecule has 2 rings (SSSR count). The van der Waals surface area contributed by atoms with Gasteiger partial charge in [-0.15, -0.1) is 5.73 Å². The molecule has 0 spiro atoms. The Morgan fingerprint density at radius 3 is 2.33 bits per heavy atom. The lowest BCUT2D eigenvalue weighted by atomic mass is 10.1. The van der Waals surface area contributed by atoms with Gasteiger partial charge in [-0.25, -0.2) is 0 Å². The summed E-state index contributed by atoms with van der Waals surface area (Å²) in [6.07, 6.45) is 5.11. The highest BCUT2D eigenvalue weighted by atomic mass is 13.9. The zero-order chi connectivity index (χ0) is 14.8. The first-order valence-corrected chi connectivity index (χ1v) is 7.36. The third kappa shape index (κ3) is 6.00. The lowest BCUT2D eigenvalue weighted by molar-refractivity contribution is 0.848. The quantitative estimate of drug-likeness (QED) is 0.393. The maximum Gasteiger partial charge on any atom is 0.0245 e. The van der Waals surface area contributed by atoms with Crippen LogP contribution in [-0.4, -0.2) is 0 Å². The molecule has 0 N–H and O–H groups in total. The number of allylic oxidation sites excluding steroid dienone is 1.